The summed E-state index contributed by atoms with van der Waals surface area (Å²) in [6, 6.07) is 3.66. The second kappa shape index (κ2) is 5.39. The van der Waals surface area contributed by atoms with Crippen LogP contribution in [-0.4, -0.2) is 21.6 Å². The van der Waals surface area contributed by atoms with Crippen LogP contribution >= 0.6 is 0 Å². The number of nitrogen functional groups attached to an aromatic ring is 1. The number of nitrogens with one attached hydrogen (secondary N) is 1. The Morgan fingerprint density at radius 2 is 2.15 bits per heavy atom. The summed E-state index contributed by atoms with van der Waals surface area (Å²) < 4.78 is 14.3. The first-order valence-corrected chi connectivity index (χ1v) is 5.63. The number of halogens is 1. The summed E-state index contributed by atoms with van der Waals surface area (Å²) in [5.74, 6) is -1.60. The lowest BCUT2D eigenvalue weighted by molar-refractivity contribution is -0.116. The highest BCUT2D eigenvalue weighted by Crippen LogP contribution is 2.19. The normalized spacial score (nSPS) is 10.2. The van der Waals surface area contributed by atoms with Gasteiger partial charge in [-0.05, 0) is 18.2 Å². The zero-order valence-corrected chi connectivity index (χ0v) is 10.3. The van der Waals surface area contributed by atoms with Crippen molar-refractivity contribution in [2.75, 3.05) is 11.1 Å². The van der Waals surface area contributed by atoms with Crippen LogP contribution in [0.15, 0.2) is 30.6 Å². The number of amides is 2. The van der Waals surface area contributed by atoms with E-state index in [1.54, 1.807) is 0 Å². The molecule has 0 atom stereocenters. The van der Waals surface area contributed by atoms with Crippen LogP contribution in [-0.2, 0) is 11.3 Å². The van der Waals surface area contributed by atoms with Crippen LogP contribution in [0.1, 0.15) is 10.4 Å². The number of benzene rings is 1. The van der Waals surface area contributed by atoms with Gasteiger partial charge in [0.15, 0.2) is 0 Å². The molecule has 20 heavy (non-hydrogen) atoms. The third-order valence-electron chi connectivity index (χ3n) is 2.51. The van der Waals surface area contributed by atoms with Crippen molar-refractivity contribution in [2.45, 2.75) is 6.54 Å². The second-order valence-corrected chi connectivity index (χ2v) is 4.07. The molecule has 5 N–H and O–H groups in total. The number of hydrogen-bond donors (Lipinski definition) is 3. The molecule has 0 aliphatic carbocycles. The van der Waals surface area contributed by atoms with Crippen LogP contribution in [0.25, 0.3) is 0 Å². The van der Waals surface area contributed by atoms with Crippen molar-refractivity contribution in [3.63, 3.8) is 0 Å². The van der Waals surface area contributed by atoms with Gasteiger partial charge in [-0.2, -0.15) is 5.10 Å². The van der Waals surface area contributed by atoms with Gasteiger partial charge in [0.2, 0.25) is 5.91 Å². The molecule has 2 aromatic rings. The highest BCUT2D eigenvalue weighted by atomic mass is 19.1. The first kappa shape index (κ1) is 13.5. The number of aromatic nitrogens is 2. The molecule has 0 saturated heterocycles. The maximum Gasteiger partial charge on any atom is 0.251 e. The zero-order valence-electron chi connectivity index (χ0n) is 10.3. The molecule has 0 saturated carbocycles. The van der Waals surface area contributed by atoms with Crippen molar-refractivity contribution in [2.24, 2.45) is 5.73 Å². The Labute approximate surface area is 113 Å². The fourth-order valence-corrected chi connectivity index (χ4v) is 1.55. The van der Waals surface area contributed by atoms with Crippen molar-refractivity contribution in [3.8, 4) is 0 Å². The molecule has 104 valence electrons. The van der Waals surface area contributed by atoms with Crippen molar-refractivity contribution in [3.05, 3.63) is 42.0 Å². The quantitative estimate of drug-likeness (QED) is 0.699. The van der Waals surface area contributed by atoms with E-state index in [-0.39, 0.29) is 23.5 Å². The number of anilines is 2. The van der Waals surface area contributed by atoms with E-state index in [0.717, 1.165) is 6.07 Å². The summed E-state index contributed by atoms with van der Waals surface area (Å²) in [5.41, 5.74) is 11.3. The monoisotopic (exact) mass is 277 g/mol. The summed E-state index contributed by atoms with van der Waals surface area (Å²) in [7, 11) is 0. The molecule has 1 aromatic carbocycles. The molecule has 2 rings (SSSR count). The number of carbonyl (C=O) groups is 2. The summed E-state index contributed by atoms with van der Waals surface area (Å²) in [6.07, 6.45) is 2.60. The largest absolute Gasteiger partial charge is 0.397 e. The fraction of sp³-hybridized carbons (Fsp3) is 0.0833. The van der Waals surface area contributed by atoms with Gasteiger partial charge in [0.25, 0.3) is 5.91 Å². The lowest BCUT2D eigenvalue weighted by atomic mass is 10.2. The Morgan fingerprint density at radius 1 is 1.40 bits per heavy atom. The third kappa shape index (κ3) is 3.10. The molecule has 0 fully saturated rings. The Hall–Kier alpha value is -2.90. The molecule has 1 heterocycles. The lowest BCUT2D eigenvalue weighted by Gasteiger charge is -2.08. The number of nitrogens with zero attached hydrogens (tertiary/aromatic N) is 2. The van der Waals surface area contributed by atoms with Crippen molar-refractivity contribution in [1.82, 2.24) is 9.78 Å². The molecule has 0 aliphatic heterocycles. The molecule has 2 amide bonds. The van der Waals surface area contributed by atoms with E-state index in [9.17, 15) is 14.0 Å². The van der Waals surface area contributed by atoms with Crippen LogP contribution in [0, 0.1) is 5.82 Å². The van der Waals surface area contributed by atoms with Gasteiger partial charge in [-0.3, -0.25) is 14.3 Å². The van der Waals surface area contributed by atoms with Crippen LogP contribution in [0.4, 0.5) is 15.8 Å². The van der Waals surface area contributed by atoms with Gasteiger partial charge in [0.05, 0.1) is 23.1 Å². The maximum absolute atomic E-state index is 13.0. The van der Waals surface area contributed by atoms with E-state index in [1.807, 2.05) is 0 Å². The van der Waals surface area contributed by atoms with Crippen molar-refractivity contribution >= 4 is 23.2 Å². The van der Waals surface area contributed by atoms with Gasteiger partial charge in [0.1, 0.15) is 12.4 Å². The maximum atomic E-state index is 13.0. The summed E-state index contributed by atoms with van der Waals surface area (Å²) >= 11 is 0. The molecule has 0 radical (unpaired) electrons. The number of carbonyl (C=O) groups excluding carboxylic acids is 2. The van der Waals surface area contributed by atoms with Gasteiger partial charge >= 0.3 is 0 Å². The Morgan fingerprint density at radius 3 is 2.80 bits per heavy atom. The predicted octanol–water partition coefficient (Wildman–Crippen LogP) is 0.342. The second-order valence-electron chi connectivity index (χ2n) is 4.07. The molecule has 7 nitrogen and oxygen atoms in total. The van der Waals surface area contributed by atoms with Crippen LogP contribution in [0.5, 0.6) is 0 Å². The topological polar surface area (TPSA) is 116 Å². The highest BCUT2D eigenvalue weighted by Gasteiger charge is 2.09. The highest BCUT2D eigenvalue weighted by molar-refractivity contribution is 5.94. The van der Waals surface area contributed by atoms with Gasteiger partial charge < -0.3 is 16.8 Å². The fourth-order valence-electron chi connectivity index (χ4n) is 1.55. The Kier molecular flexibility index (Phi) is 3.65. The zero-order chi connectivity index (χ0) is 14.7. The van der Waals surface area contributed by atoms with E-state index >= 15 is 0 Å². The number of rotatable bonds is 4. The lowest BCUT2D eigenvalue weighted by Crippen LogP contribution is -2.20. The van der Waals surface area contributed by atoms with E-state index < -0.39 is 17.6 Å². The first-order chi connectivity index (χ1) is 9.45. The molecule has 0 spiro atoms. The number of primary amides is 1. The minimum Gasteiger partial charge on any atom is -0.397 e. The van der Waals surface area contributed by atoms with Crippen LogP contribution in [0.2, 0.25) is 0 Å². The van der Waals surface area contributed by atoms with Gasteiger partial charge in [-0.15, -0.1) is 0 Å². The Bertz CT molecular complexity index is 668. The van der Waals surface area contributed by atoms with E-state index in [4.69, 9.17) is 11.5 Å². The molecule has 8 heteroatoms. The van der Waals surface area contributed by atoms with Crippen molar-refractivity contribution < 1.29 is 14.0 Å². The predicted molar refractivity (Wildman–Crippen MR) is 70.2 cm³/mol. The van der Waals surface area contributed by atoms with E-state index in [0.29, 0.717) is 0 Å². The molecular formula is C12H12FN5O2. The van der Waals surface area contributed by atoms with E-state index in [1.165, 1.54) is 29.2 Å². The Balaban J connectivity index is 2.05. The number of nitrogens with two attached hydrogens (primary N) is 2. The van der Waals surface area contributed by atoms with Gasteiger partial charge in [-0.1, -0.05) is 0 Å². The number of hydrogen-bond acceptors (Lipinski definition) is 4. The minimum atomic E-state index is -0.633. The smallest absolute Gasteiger partial charge is 0.251 e. The molecule has 0 bridgehead atoms. The van der Waals surface area contributed by atoms with Gasteiger partial charge in [-0.25, -0.2) is 4.39 Å². The molecular weight excluding hydrogens is 265 g/mol. The van der Waals surface area contributed by atoms with E-state index in [2.05, 4.69) is 10.4 Å². The molecule has 1 aromatic heterocycles. The SMILES string of the molecule is NC(=O)c1cnn(CC(=O)Nc2cc(F)ccc2N)c1. The average Bonchev–Trinajstić information content (AvgIpc) is 2.82. The van der Waals surface area contributed by atoms with Gasteiger partial charge in [0, 0.05) is 6.20 Å². The molecule has 0 unspecified atom stereocenters. The average molecular weight is 277 g/mol. The third-order valence-corrected chi connectivity index (χ3v) is 2.51. The first-order valence-electron chi connectivity index (χ1n) is 5.63. The van der Waals surface area contributed by atoms with Crippen molar-refractivity contribution in [1.29, 1.82) is 0 Å². The summed E-state index contributed by atoms with van der Waals surface area (Å²) in [4.78, 5) is 22.6. The standard InChI is InChI=1S/C12H12FN5O2/c13-8-1-2-9(14)10(3-8)17-11(19)6-18-5-7(4-16-18)12(15)20/h1-5H,6,14H2,(H2,15,20)(H,17,19). The summed E-state index contributed by atoms with van der Waals surface area (Å²) in [6.45, 7) is -0.150. The van der Waals surface area contributed by atoms with Crippen LogP contribution in [0.3, 0.4) is 0 Å². The minimum absolute atomic E-state index is 0.150. The summed E-state index contributed by atoms with van der Waals surface area (Å²) in [5, 5.41) is 6.27. The molecule has 0 aliphatic rings. The van der Waals surface area contributed by atoms with Crippen LogP contribution < -0.4 is 16.8 Å².